The first-order valence-corrected chi connectivity index (χ1v) is 11.2. The Morgan fingerprint density at radius 1 is 0.968 bits per heavy atom. The first-order valence-electron chi connectivity index (χ1n) is 11.2. The number of nitrogens with zero attached hydrogens (tertiary/aromatic N) is 4. The lowest BCUT2D eigenvalue weighted by molar-refractivity contribution is -0.132. The Kier molecular flexibility index (Phi) is 6.60. The predicted molar refractivity (Wildman–Crippen MR) is 125 cm³/mol. The number of hydrogen-bond acceptors (Lipinski definition) is 4. The summed E-state index contributed by atoms with van der Waals surface area (Å²) in [6.45, 7) is 7.33. The van der Waals surface area contributed by atoms with Crippen LogP contribution in [0.5, 0.6) is 0 Å². The molecule has 0 radical (unpaired) electrons. The van der Waals surface area contributed by atoms with E-state index in [-0.39, 0.29) is 5.91 Å². The number of amides is 1. The predicted octanol–water partition coefficient (Wildman–Crippen LogP) is 4.51. The van der Waals surface area contributed by atoms with E-state index in [1.165, 1.54) is 5.56 Å². The third-order valence-corrected chi connectivity index (χ3v) is 5.96. The molecule has 1 aliphatic heterocycles. The second kappa shape index (κ2) is 9.73. The maximum Gasteiger partial charge on any atom is 0.223 e. The lowest BCUT2D eigenvalue weighted by atomic mass is 10.0. The van der Waals surface area contributed by atoms with Gasteiger partial charge in [-0.15, -0.1) is 0 Å². The van der Waals surface area contributed by atoms with Crippen LogP contribution in [0.15, 0.2) is 60.7 Å². The Balaban J connectivity index is 1.59. The van der Waals surface area contributed by atoms with Gasteiger partial charge in [-0.05, 0) is 25.8 Å². The van der Waals surface area contributed by atoms with Crippen molar-refractivity contribution in [2.75, 3.05) is 24.5 Å². The Hall–Kier alpha value is -3.21. The van der Waals surface area contributed by atoms with Gasteiger partial charge in [-0.1, -0.05) is 60.7 Å². The summed E-state index contributed by atoms with van der Waals surface area (Å²) in [7, 11) is 0. The Morgan fingerprint density at radius 2 is 1.65 bits per heavy atom. The topological polar surface area (TPSA) is 49.3 Å². The van der Waals surface area contributed by atoms with Gasteiger partial charge in [0.1, 0.15) is 5.82 Å². The number of carbonyl (C=O) groups excluding carboxylic acids is 1. The Bertz CT molecular complexity index is 1020. The van der Waals surface area contributed by atoms with Gasteiger partial charge in [0, 0.05) is 43.6 Å². The maximum absolute atomic E-state index is 13.0. The summed E-state index contributed by atoms with van der Waals surface area (Å²) >= 11 is 0. The van der Waals surface area contributed by atoms with Crippen LogP contribution in [0.3, 0.4) is 0 Å². The molecule has 0 unspecified atom stereocenters. The number of aryl methyl sites for hydroxylation is 1. The molecular weight excluding hydrogens is 384 g/mol. The zero-order valence-electron chi connectivity index (χ0n) is 18.4. The fourth-order valence-corrected chi connectivity index (χ4v) is 4.16. The van der Waals surface area contributed by atoms with E-state index in [0.29, 0.717) is 19.5 Å². The van der Waals surface area contributed by atoms with Crippen LogP contribution in [0, 0.1) is 0 Å². The van der Waals surface area contributed by atoms with Gasteiger partial charge >= 0.3 is 0 Å². The zero-order chi connectivity index (χ0) is 21.6. The summed E-state index contributed by atoms with van der Waals surface area (Å²) in [6, 6.07) is 20.4. The first kappa shape index (κ1) is 21.0. The number of hydrogen-bond donors (Lipinski definition) is 0. The molecule has 3 aromatic rings. The van der Waals surface area contributed by atoms with Gasteiger partial charge in [0.15, 0.2) is 5.82 Å². The van der Waals surface area contributed by atoms with Gasteiger partial charge in [-0.25, -0.2) is 9.97 Å². The molecule has 31 heavy (non-hydrogen) atoms. The van der Waals surface area contributed by atoms with Crippen molar-refractivity contribution in [3.8, 4) is 11.4 Å². The average Bonchev–Trinajstić information content (AvgIpc) is 2.84. The monoisotopic (exact) mass is 414 g/mol. The molecule has 0 spiro atoms. The Morgan fingerprint density at radius 3 is 2.32 bits per heavy atom. The minimum absolute atomic E-state index is 0.201. The van der Waals surface area contributed by atoms with Crippen molar-refractivity contribution in [2.45, 2.75) is 39.7 Å². The highest BCUT2D eigenvalue weighted by Crippen LogP contribution is 2.30. The molecule has 0 bridgehead atoms. The number of rotatable bonds is 7. The summed E-state index contributed by atoms with van der Waals surface area (Å²) in [4.78, 5) is 27.1. The average molecular weight is 415 g/mol. The standard InChI is InChI=1S/C26H30N4O/c1-3-29(4-2)26-22-19-30(24(31)16-15-20-11-7-5-8-12-20)18-17-23(22)27-25(28-26)21-13-9-6-10-14-21/h5-14H,3-4,15-19H2,1-2H3. The van der Waals surface area contributed by atoms with E-state index in [2.05, 4.69) is 43.0 Å². The third-order valence-electron chi connectivity index (χ3n) is 5.96. The summed E-state index contributed by atoms with van der Waals surface area (Å²) < 4.78 is 0. The van der Waals surface area contributed by atoms with Crippen molar-refractivity contribution in [2.24, 2.45) is 0 Å². The molecule has 0 fully saturated rings. The second-order valence-electron chi connectivity index (χ2n) is 7.89. The molecule has 2 heterocycles. The molecule has 5 nitrogen and oxygen atoms in total. The van der Waals surface area contributed by atoms with Crippen molar-refractivity contribution in [3.05, 3.63) is 77.5 Å². The van der Waals surface area contributed by atoms with Crippen LogP contribution >= 0.6 is 0 Å². The largest absolute Gasteiger partial charge is 0.357 e. The van der Waals surface area contributed by atoms with Crippen LogP contribution in [0.4, 0.5) is 5.82 Å². The van der Waals surface area contributed by atoms with Crippen LogP contribution in [0.2, 0.25) is 0 Å². The van der Waals surface area contributed by atoms with Crippen molar-refractivity contribution in [1.29, 1.82) is 0 Å². The Labute approximate surface area is 184 Å². The quantitative estimate of drug-likeness (QED) is 0.571. The van der Waals surface area contributed by atoms with Gasteiger partial charge < -0.3 is 9.80 Å². The smallest absolute Gasteiger partial charge is 0.223 e. The van der Waals surface area contributed by atoms with Crippen molar-refractivity contribution >= 4 is 11.7 Å². The van der Waals surface area contributed by atoms with Crippen LogP contribution in [0.25, 0.3) is 11.4 Å². The molecule has 0 N–H and O–H groups in total. The summed E-state index contributed by atoms with van der Waals surface area (Å²) in [5, 5.41) is 0. The van der Waals surface area contributed by atoms with Crippen LogP contribution in [0.1, 0.15) is 37.1 Å². The van der Waals surface area contributed by atoms with Gasteiger partial charge in [0.25, 0.3) is 0 Å². The number of benzene rings is 2. The van der Waals surface area contributed by atoms with E-state index in [1.54, 1.807) is 0 Å². The fourth-order valence-electron chi connectivity index (χ4n) is 4.16. The highest BCUT2D eigenvalue weighted by molar-refractivity contribution is 5.77. The van der Waals surface area contributed by atoms with Gasteiger partial charge in [0.05, 0.1) is 12.2 Å². The lowest BCUT2D eigenvalue weighted by Gasteiger charge is -2.32. The normalized spacial score (nSPS) is 13.0. The highest BCUT2D eigenvalue weighted by Gasteiger charge is 2.27. The SMILES string of the molecule is CCN(CC)c1nc(-c2ccccc2)nc2c1CN(C(=O)CCc1ccccc1)CC2. The highest BCUT2D eigenvalue weighted by atomic mass is 16.2. The van der Waals surface area contributed by atoms with E-state index in [0.717, 1.165) is 54.4 Å². The minimum Gasteiger partial charge on any atom is -0.357 e. The molecule has 1 amide bonds. The zero-order valence-corrected chi connectivity index (χ0v) is 18.4. The molecule has 1 aliphatic rings. The number of carbonyl (C=O) groups is 1. The van der Waals surface area contributed by atoms with Crippen LogP contribution in [-0.4, -0.2) is 40.4 Å². The molecule has 5 heteroatoms. The van der Waals surface area contributed by atoms with Crippen molar-refractivity contribution in [3.63, 3.8) is 0 Å². The van der Waals surface area contributed by atoms with Crippen LogP contribution < -0.4 is 4.90 Å². The van der Waals surface area contributed by atoms with Gasteiger partial charge in [-0.3, -0.25) is 4.79 Å². The van der Waals surface area contributed by atoms with Gasteiger partial charge in [0.2, 0.25) is 5.91 Å². The summed E-state index contributed by atoms with van der Waals surface area (Å²) in [5.41, 5.74) is 4.40. The van der Waals surface area contributed by atoms with E-state index in [9.17, 15) is 4.79 Å². The van der Waals surface area contributed by atoms with E-state index < -0.39 is 0 Å². The van der Waals surface area contributed by atoms with E-state index in [4.69, 9.17) is 9.97 Å². The first-order chi connectivity index (χ1) is 15.2. The fraction of sp³-hybridized carbons (Fsp3) is 0.346. The van der Waals surface area contributed by atoms with Crippen molar-refractivity contribution in [1.82, 2.24) is 14.9 Å². The molecule has 2 aromatic carbocycles. The van der Waals surface area contributed by atoms with Crippen LogP contribution in [-0.2, 0) is 24.2 Å². The number of anilines is 1. The van der Waals surface area contributed by atoms with E-state index >= 15 is 0 Å². The number of aromatic nitrogens is 2. The lowest BCUT2D eigenvalue weighted by Crippen LogP contribution is -2.38. The molecule has 0 saturated heterocycles. The van der Waals surface area contributed by atoms with E-state index in [1.807, 2.05) is 41.3 Å². The summed E-state index contributed by atoms with van der Waals surface area (Å²) in [6.07, 6.45) is 2.07. The molecular formula is C26H30N4O. The van der Waals surface area contributed by atoms with Gasteiger partial charge in [-0.2, -0.15) is 0 Å². The van der Waals surface area contributed by atoms with Crippen molar-refractivity contribution < 1.29 is 4.79 Å². The summed E-state index contributed by atoms with van der Waals surface area (Å²) in [5.74, 6) is 1.94. The third kappa shape index (κ3) is 4.76. The maximum atomic E-state index is 13.0. The molecule has 0 aliphatic carbocycles. The minimum atomic E-state index is 0.201. The molecule has 0 atom stereocenters. The molecule has 160 valence electrons. The second-order valence-corrected chi connectivity index (χ2v) is 7.89. The molecule has 0 saturated carbocycles. The number of fused-ring (bicyclic) bond motifs is 1. The molecule has 4 rings (SSSR count). The molecule has 1 aromatic heterocycles.